The van der Waals surface area contributed by atoms with E-state index in [0.717, 1.165) is 16.9 Å². The van der Waals surface area contributed by atoms with Gasteiger partial charge in [-0.25, -0.2) is 14.5 Å². The van der Waals surface area contributed by atoms with Crippen molar-refractivity contribution in [1.29, 1.82) is 0 Å². The second-order valence-corrected chi connectivity index (χ2v) is 11.9. The molecule has 1 aliphatic rings. The van der Waals surface area contributed by atoms with Crippen LogP contribution in [0, 0.1) is 17.8 Å². The van der Waals surface area contributed by atoms with E-state index in [1.165, 1.54) is 0 Å². The van der Waals surface area contributed by atoms with E-state index in [1.807, 2.05) is 32.0 Å². The van der Waals surface area contributed by atoms with Gasteiger partial charge < -0.3 is 28.8 Å². The number of carbonyl (C=O) groups is 3. The molecular weight excluding hydrogens is 530 g/mol. The highest BCUT2D eigenvalue weighted by Gasteiger charge is 2.48. The van der Waals surface area contributed by atoms with E-state index in [1.54, 1.807) is 41.9 Å². The Labute approximate surface area is 243 Å². The van der Waals surface area contributed by atoms with Crippen LogP contribution in [-0.2, 0) is 25.4 Å². The van der Waals surface area contributed by atoms with Crippen molar-refractivity contribution in [3.05, 3.63) is 35.9 Å². The molecule has 1 fully saturated rings. The van der Waals surface area contributed by atoms with Crippen molar-refractivity contribution in [3.63, 3.8) is 0 Å². The Morgan fingerprint density at radius 3 is 2.37 bits per heavy atom. The smallest absolute Gasteiger partial charge is 0.493 e. The molecule has 1 unspecified atom stereocenters. The Bertz CT molecular complexity index is 1060. The van der Waals surface area contributed by atoms with Gasteiger partial charge in [0.05, 0.1) is 25.7 Å². The van der Waals surface area contributed by atoms with Gasteiger partial charge in [0.1, 0.15) is 11.7 Å². The van der Waals surface area contributed by atoms with Gasteiger partial charge in [-0.1, -0.05) is 32.1 Å². The summed E-state index contributed by atoms with van der Waals surface area (Å²) in [5, 5.41) is 10.1. The van der Waals surface area contributed by atoms with Crippen LogP contribution in [0.15, 0.2) is 30.4 Å². The molecular formula is C31H47NO9. The van der Waals surface area contributed by atoms with Gasteiger partial charge >= 0.3 is 12.2 Å². The monoisotopic (exact) mass is 577 g/mol. The van der Waals surface area contributed by atoms with Crippen molar-refractivity contribution in [1.82, 2.24) is 4.90 Å². The van der Waals surface area contributed by atoms with Crippen molar-refractivity contribution in [2.45, 2.75) is 85.0 Å². The first kappa shape index (κ1) is 33.9. The number of piperidine rings is 1. The van der Waals surface area contributed by atoms with Crippen molar-refractivity contribution in [3.8, 4) is 11.5 Å². The third kappa shape index (κ3) is 9.95. The summed E-state index contributed by atoms with van der Waals surface area (Å²) in [5.74, 6) is -0.0622. The number of hydrogen-bond donors (Lipinski definition) is 1. The zero-order valence-corrected chi connectivity index (χ0v) is 25.7. The first-order valence-corrected chi connectivity index (χ1v) is 14.1. The standard InChI is InChI=1S/C31H47NO9/c1-19(2)22(15-21-11-12-25(38-9)27(16-21)39-14-10-13-37-8)17-24-26(40-30(36)41-31(5,6)7)18-23(20(3)4)28(33)32(24)29(34)35/h11-12,16,19,22-24,26H,3,10,13-15,17-18H2,1-2,4-9H3,(H,34,35)/t22-,23?,24-,26-/m0/s1. The van der Waals surface area contributed by atoms with E-state index >= 15 is 0 Å². The SMILES string of the molecule is C=C(C)C1C[C@H](OC(=O)OC(C)(C)C)[C@H](C[C@H](Cc2ccc(OC)c(OCCCOC)c2)C(C)C)N(C(=O)O)C1=O. The molecule has 0 saturated carbocycles. The maximum atomic E-state index is 13.3. The minimum Gasteiger partial charge on any atom is -0.493 e. The molecule has 2 amide bonds. The van der Waals surface area contributed by atoms with Crippen LogP contribution >= 0.6 is 0 Å². The quantitative estimate of drug-likeness (QED) is 0.168. The van der Waals surface area contributed by atoms with E-state index in [0.29, 0.717) is 43.1 Å². The van der Waals surface area contributed by atoms with Crippen molar-refractivity contribution < 1.29 is 43.2 Å². The van der Waals surface area contributed by atoms with E-state index in [2.05, 4.69) is 6.58 Å². The lowest BCUT2D eigenvalue weighted by molar-refractivity contribution is -0.146. The fourth-order valence-electron chi connectivity index (χ4n) is 4.97. The number of amides is 2. The molecule has 1 aliphatic heterocycles. The van der Waals surface area contributed by atoms with Gasteiger partial charge in [0.15, 0.2) is 11.5 Å². The summed E-state index contributed by atoms with van der Waals surface area (Å²) in [4.78, 5) is 39.3. The van der Waals surface area contributed by atoms with Crippen LogP contribution in [0.4, 0.5) is 9.59 Å². The number of ether oxygens (including phenoxy) is 5. The van der Waals surface area contributed by atoms with Crippen LogP contribution in [0.1, 0.15) is 66.4 Å². The number of likely N-dealkylation sites (tertiary alicyclic amines) is 1. The highest BCUT2D eigenvalue weighted by atomic mass is 16.7. The minimum absolute atomic E-state index is 0.0597. The topological polar surface area (TPSA) is 121 Å². The second kappa shape index (κ2) is 15.1. The summed E-state index contributed by atoms with van der Waals surface area (Å²) in [6.07, 6.45) is -1.45. The van der Waals surface area contributed by atoms with Crippen LogP contribution in [0.2, 0.25) is 0 Å². The summed E-state index contributed by atoms with van der Waals surface area (Å²) < 4.78 is 27.6. The predicted molar refractivity (Wildman–Crippen MR) is 154 cm³/mol. The maximum absolute atomic E-state index is 13.3. The minimum atomic E-state index is -1.39. The summed E-state index contributed by atoms with van der Waals surface area (Å²) in [7, 11) is 3.22. The molecule has 1 aromatic carbocycles. The summed E-state index contributed by atoms with van der Waals surface area (Å²) in [6, 6.07) is 4.83. The Kier molecular flexibility index (Phi) is 12.5. The van der Waals surface area contributed by atoms with Crippen LogP contribution in [-0.4, -0.2) is 73.3 Å². The van der Waals surface area contributed by atoms with Gasteiger partial charge in [-0.05, 0) is 70.1 Å². The molecule has 0 aliphatic carbocycles. The lowest BCUT2D eigenvalue weighted by Crippen LogP contribution is -2.59. The zero-order chi connectivity index (χ0) is 30.9. The maximum Gasteiger partial charge on any atom is 0.509 e. The van der Waals surface area contributed by atoms with Gasteiger partial charge in [0, 0.05) is 26.6 Å². The van der Waals surface area contributed by atoms with Gasteiger partial charge in [-0.15, -0.1) is 0 Å². The van der Waals surface area contributed by atoms with Crippen molar-refractivity contribution in [2.75, 3.05) is 27.4 Å². The predicted octanol–water partition coefficient (Wildman–Crippen LogP) is 6.11. The highest BCUT2D eigenvalue weighted by Crippen LogP contribution is 2.37. The largest absolute Gasteiger partial charge is 0.509 e. The third-order valence-corrected chi connectivity index (χ3v) is 7.17. The number of rotatable bonds is 13. The normalized spacial score (nSPS) is 20.0. The highest BCUT2D eigenvalue weighted by molar-refractivity contribution is 5.95. The number of benzene rings is 1. The first-order chi connectivity index (χ1) is 19.2. The summed E-state index contributed by atoms with van der Waals surface area (Å²) in [5.41, 5.74) is 0.684. The molecule has 0 spiro atoms. The number of carboxylic acid groups (broad SMARTS) is 1. The Hall–Kier alpha value is -3.27. The van der Waals surface area contributed by atoms with Crippen molar-refractivity contribution >= 4 is 18.2 Å². The van der Waals surface area contributed by atoms with E-state index in [4.69, 9.17) is 23.7 Å². The molecule has 1 heterocycles. The molecule has 2 rings (SSSR count). The number of carbonyl (C=O) groups excluding carboxylic acids is 2. The molecule has 0 radical (unpaired) electrons. The Balaban J connectivity index is 2.38. The van der Waals surface area contributed by atoms with Gasteiger partial charge in [0.2, 0.25) is 5.91 Å². The molecule has 1 N–H and O–H groups in total. The fourth-order valence-corrected chi connectivity index (χ4v) is 4.97. The molecule has 41 heavy (non-hydrogen) atoms. The van der Waals surface area contributed by atoms with E-state index < -0.39 is 41.8 Å². The Morgan fingerprint density at radius 2 is 1.83 bits per heavy atom. The lowest BCUT2D eigenvalue weighted by atomic mass is 9.78. The molecule has 10 heteroatoms. The summed E-state index contributed by atoms with van der Waals surface area (Å²) >= 11 is 0. The number of hydrogen-bond acceptors (Lipinski definition) is 8. The molecule has 1 saturated heterocycles. The van der Waals surface area contributed by atoms with Gasteiger partial charge in [-0.3, -0.25) is 4.79 Å². The Morgan fingerprint density at radius 1 is 1.15 bits per heavy atom. The van der Waals surface area contributed by atoms with Crippen LogP contribution in [0.25, 0.3) is 0 Å². The summed E-state index contributed by atoms with van der Waals surface area (Å²) in [6.45, 7) is 15.8. The van der Waals surface area contributed by atoms with Crippen molar-refractivity contribution in [2.24, 2.45) is 17.8 Å². The molecule has 10 nitrogen and oxygen atoms in total. The van der Waals surface area contributed by atoms with E-state index in [9.17, 15) is 19.5 Å². The van der Waals surface area contributed by atoms with Gasteiger partial charge in [-0.2, -0.15) is 0 Å². The molecule has 1 aromatic rings. The van der Waals surface area contributed by atoms with Crippen LogP contribution in [0.3, 0.4) is 0 Å². The number of methoxy groups -OCH3 is 2. The number of nitrogens with zero attached hydrogens (tertiary/aromatic N) is 1. The second-order valence-electron chi connectivity index (χ2n) is 11.9. The molecule has 230 valence electrons. The zero-order valence-electron chi connectivity index (χ0n) is 25.7. The van der Waals surface area contributed by atoms with Gasteiger partial charge in [0.25, 0.3) is 0 Å². The molecule has 0 aromatic heterocycles. The fraction of sp³-hybridized carbons (Fsp3) is 0.645. The molecule has 0 bridgehead atoms. The average molecular weight is 578 g/mol. The first-order valence-electron chi connectivity index (χ1n) is 14.1. The number of imide groups is 1. The van der Waals surface area contributed by atoms with Crippen LogP contribution < -0.4 is 9.47 Å². The lowest BCUT2D eigenvalue weighted by Gasteiger charge is -2.43. The third-order valence-electron chi connectivity index (χ3n) is 7.17. The average Bonchev–Trinajstić information content (AvgIpc) is 2.86. The van der Waals surface area contributed by atoms with E-state index in [-0.39, 0.29) is 18.3 Å². The molecule has 4 atom stereocenters. The van der Waals surface area contributed by atoms with Crippen LogP contribution in [0.5, 0.6) is 11.5 Å².